The van der Waals surface area contributed by atoms with Crippen molar-refractivity contribution in [2.75, 3.05) is 19.6 Å². The SMILES string of the molecule is CCN(Cc1cccs1)CC1CCC(CN)O1. The molecule has 2 heterocycles. The lowest BCUT2D eigenvalue weighted by molar-refractivity contribution is 0.0267. The van der Waals surface area contributed by atoms with E-state index in [0.29, 0.717) is 18.8 Å². The number of hydrogen-bond donors (Lipinski definition) is 1. The van der Waals surface area contributed by atoms with Gasteiger partial charge in [-0.05, 0) is 30.8 Å². The van der Waals surface area contributed by atoms with Crippen LogP contribution < -0.4 is 5.73 Å². The third kappa shape index (κ3) is 3.78. The van der Waals surface area contributed by atoms with Crippen LogP contribution in [0.5, 0.6) is 0 Å². The van der Waals surface area contributed by atoms with Crippen molar-refractivity contribution in [1.82, 2.24) is 4.90 Å². The van der Waals surface area contributed by atoms with E-state index in [-0.39, 0.29) is 0 Å². The van der Waals surface area contributed by atoms with E-state index in [9.17, 15) is 0 Å². The molecule has 1 aromatic rings. The summed E-state index contributed by atoms with van der Waals surface area (Å²) in [7, 11) is 0. The van der Waals surface area contributed by atoms with Crippen LogP contribution in [0.15, 0.2) is 17.5 Å². The second-order valence-electron chi connectivity index (χ2n) is 4.60. The standard InChI is InChI=1S/C13H22N2OS/c1-2-15(10-13-4-3-7-17-13)9-12-6-5-11(8-14)16-12/h3-4,7,11-12H,2,5-6,8-10,14H2,1H3. The van der Waals surface area contributed by atoms with E-state index >= 15 is 0 Å². The summed E-state index contributed by atoms with van der Waals surface area (Å²) in [4.78, 5) is 3.88. The summed E-state index contributed by atoms with van der Waals surface area (Å²) in [6.07, 6.45) is 2.95. The first kappa shape index (κ1) is 13.0. The zero-order valence-electron chi connectivity index (χ0n) is 10.5. The van der Waals surface area contributed by atoms with Gasteiger partial charge in [-0.15, -0.1) is 11.3 Å². The molecule has 96 valence electrons. The summed E-state index contributed by atoms with van der Waals surface area (Å²) in [5, 5.41) is 2.14. The number of nitrogens with zero attached hydrogens (tertiary/aromatic N) is 1. The zero-order chi connectivity index (χ0) is 12.1. The number of ether oxygens (including phenoxy) is 1. The van der Waals surface area contributed by atoms with Gasteiger partial charge in [-0.3, -0.25) is 4.90 Å². The Morgan fingerprint density at radius 3 is 2.88 bits per heavy atom. The Balaban J connectivity index is 1.79. The average molecular weight is 254 g/mol. The van der Waals surface area contributed by atoms with E-state index in [0.717, 1.165) is 32.5 Å². The molecule has 2 unspecified atom stereocenters. The molecule has 1 fully saturated rings. The van der Waals surface area contributed by atoms with Crippen molar-refractivity contribution in [2.45, 2.75) is 38.5 Å². The van der Waals surface area contributed by atoms with Crippen molar-refractivity contribution in [3.63, 3.8) is 0 Å². The quantitative estimate of drug-likeness (QED) is 0.844. The van der Waals surface area contributed by atoms with Gasteiger partial charge >= 0.3 is 0 Å². The largest absolute Gasteiger partial charge is 0.372 e. The first-order chi connectivity index (χ1) is 8.31. The van der Waals surface area contributed by atoms with Crippen LogP contribution in [0, 0.1) is 0 Å². The molecule has 2 atom stereocenters. The van der Waals surface area contributed by atoms with Crippen LogP contribution >= 0.6 is 11.3 Å². The molecule has 4 heteroatoms. The van der Waals surface area contributed by atoms with Crippen LogP contribution in [0.25, 0.3) is 0 Å². The van der Waals surface area contributed by atoms with Gasteiger partial charge in [0.1, 0.15) is 0 Å². The summed E-state index contributed by atoms with van der Waals surface area (Å²) in [5.41, 5.74) is 5.63. The minimum Gasteiger partial charge on any atom is -0.372 e. The van der Waals surface area contributed by atoms with Gasteiger partial charge < -0.3 is 10.5 Å². The van der Waals surface area contributed by atoms with Crippen molar-refractivity contribution in [3.8, 4) is 0 Å². The molecule has 2 rings (SSSR count). The Morgan fingerprint density at radius 1 is 1.47 bits per heavy atom. The van der Waals surface area contributed by atoms with Crippen LogP contribution in [0.2, 0.25) is 0 Å². The lowest BCUT2D eigenvalue weighted by atomic mass is 10.2. The van der Waals surface area contributed by atoms with Crippen LogP contribution in [-0.4, -0.2) is 36.7 Å². The molecular formula is C13H22N2OS. The van der Waals surface area contributed by atoms with Crippen LogP contribution in [0.1, 0.15) is 24.6 Å². The summed E-state index contributed by atoms with van der Waals surface area (Å²) < 4.78 is 5.90. The average Bonchev–Trinajstić information content (AvgIpc) is 2.99. The van der Waals surface area contributed by atoms with Crippen molar-refractivity contribution < 1.29 is 4.74 Å². The number of likely N-dealkylation sites (N-methyl/N-ethyl adjacent to an activating group) is 1. The third-order valence-corrected chi connectivity index (χ3v) is 4.19. The molecule has 0 saturated carbocycles. The fourth-order valence-electron chi connectivity index (χ4n) is 2.30. The van der Waals surface area contributed by atoms with Crippen LogP contribution in [0.3, 0.4) is 0 Å². The van der Waals surface area contributed by atoms with Gasteiger partial charge in [0.15, 0.2) is 0 Å². The second kappa shape index (κ2) is 6.50. The zero-order valence-corrected chi connectivity index (χ0v) is 11.3. The second-order valence-corrected chi connectivity index (χ2v) is 5.63. The van der Waals surface area contributed by atoms with Crippen molar-refractivity contribution in [1.29, 1.82) is 0 Å². The molecule has 2 N–H and O–H groups in total. The molecule has 1 saturated heterocycles. The molecule has 17 heavy (non-hydrogen) atoms. The van der Waals surface area contributed by atoms with Gasteiger partial charge in [0.2, 0.25) is 0 Å². The molecule has 0 spiro atoms. The van der Waals surface area contributed by atoms with Gasteiger partial charge in [0, 0.05) is 24.5 Å². The normalized spacial score (nSPS) is 24.6. The molecule has 0 amide bonds. The highest BCUT2D eigenvalue weighted by molar-refractivity contribution is 7.09. The fraction of sp³-hybridized carbons (Fsp3) is 0.692. The molecule has 3 nitrogen and oxygen atoms in total. The van der Waals surface area contributed by atoms with Crippen LogP contribution in [0.4, 0.5) is 0 Å². The summed E-state index contributed by atoms with van der Waals surface area (Å²) in [6.45, 7) is 6.02. The smallest absolute Gasteiger partial charge is 0.0707 e. The topological polar surface area (TPSA) is 38.5 Å². The Bertz CT molecular complexity index is 315. The van der Waals surface area contributed by atoms with Gasteiger partial charge in [0.25, 0.3) is 0 Å². The highest BCUT2D eigenvalue weighted by Crippen LogP contribution is 2.21. The highest BCUT2D eigenvalue weighted by atomic mass is 32.1. The van der Waals surface area contributed by atoms with E-state index in [1.54, 1.807) is 0 Å². The molecule has 0 aliphatic carbocycles. The Labute approximate surface area is 108 Å². The van der Waals surface area contributed by atoms with Gasteiger partial charge in [-0.25, -0.2) is 0 Å². The predicted octanol–water partition coefficient (Wildman–Crippen LogP) is 2.08. The van der Waals surface area contributed by atoms with Gasteiger partial charge in [-0.1, -0.05) is 13.0 Å². The lowest BCUT2D eigenvalue weighted by Gasteiger charge is -2.23. The number of hydrogen-bond acceptors (Lipinski definition) is 4. The first-order valence-corrected chi connectivity index (χ1v) is 7.30. The maximum absolute atomic E-state index is 5.90. The van der Waals surface area contributed by atoms with Crippen molar-refractivity contribution >= 4 is 11.3 Å². The van der Waals surface area contributed by atoms with Crippen LogP contribution in [-0.2, 0) is 11.3 Å². The molecule has 1 aliphatic rings. The molecule has 0 aromatic carbocycles. The van der Waals surface area contributed by atoms with Gasteiger partial charge in [0.05, 0.1) is 12.2 Å². The molecule has 0 radical (unpaired) electrons. The highest BCUT2D eigenvalue weighted by Gasteiger charge is 2.25. The van der Waals surface area contributed by atoms with Crippen molar-refractivity contribution in [3.05, 3.63) is 22.4 Å². The molecular weight excluding hydrogens is 232 g/mol. The van der Waals surface area contributed by atoms with E-state index in [1.165, 1.54) is 4.88 Å². The van der Waals surface area contributed by atoms with E-state index in [4.69, 9.17) is 10.5 Å². The monoisotopic (exact) mass is 254 g/mol. The maximum Gasteiger partial charge on any atom is 0.0707 e. The summed E-state index contributed by atoms with van der Waals surface area (Å²) in [5.74, 6) is 0. The molecule has 0 bridgehead atoms. The first-order valence-electron chi connectivity index (χ1n) is 6.42. The van der Waals surface area contributed by atoms with Crippen molar-refractivity contribution in [2.24, 2.45) is 5.73 Å². The predicted molar refractivity (Wildman–Crippen MR) is 72.2 cm³/mol. The molecule has 1 aliphatic heterocycles. The van der Waals surface area contributed by atoms with E-state index in [2.05, 4.69) is 29.3 Å². The molecule has 1 aromatic heterocycles. The number of rotatable bonds is 6. The third-order valence-electron chi connectivity index (χ3n) is 3.33. The Morgan fingerprint density at radius 2 is 2.29 bits per heavy atom. The van der Waals surface area contributed by atoms with E-state index in [1.807, 2.05) is 11.3 Å². The number of thiophene rings is 1. The minimum atomic E-state index is 0.292. The maximum atomic E-state index is 5.90. The van der Waals surface area contributed by atoms with E-state index < -0.39 is 0 Å². The Kier molecular flexibility index (Phi) is 4.98. The lowest BCUT2D eigenvalue weighted by Crippen LogP contribution is -2.32. The summed E-state index contributed by atoms with van der Waals surface area (Å²) in [6, 6.07) is 4.32. The summed E-state index contributed by atoms with van der Waals surface area (Å²) >= 11 is 1.83. The Hall–Kier alpha value is -0.420. The number of nitrogens with two attached hydrogens (primary N) is 1. The minimum absolute atomic E-state index is 0.292. The van der Waals surface area contributed by atoms with Gasteiger partial charge in [-0.2, -0.15) is 0 Å². The fourth-order valence-corrected chi connectivity index (χ4v) is 3.05.